The molecule has 0 radical (unpaired) electrons. The van der Waals surface area contributed by atoms with Gasteiger partial charge >= 0.3 is 0 Å². The first-order valence-electron chi connectivity index (χ1n) is 18.1. The summed E-state index contributed by atoms with van der Waals surface area (Å²) in [5.74, 6) is 4.44. The molecule has 3 aromatic rings. The Balaban J connectivity index is 1.78. The topological polar surface area (TPSA) is 73.8 Å². The molecule has 0 N–H and O–H groups in total. The molecule has 1 heterocycles. The van der Waals surface area contributed by atoms with E-state index in [1.807, 2.05) is 36.4 Å². The van der Waals surface area contributed by atoms with Crippen molar-refractivity contribution in [2.45, 2.75) is 83.2 Å². The van der Waals surface area contributed by atoms with Gasteiger partial charge in [0, 0.05) is 5.92 Å². The van der Waals surface area contributed by atoms with Crippen molar-refractivity contribution >= 4 is 14.4 Å². The molecule has 51 heavy (non-hydrogen) atoms. The van der Waals surface area contributed by atoms with Crippen LogP contribution in [0.4, 0.5) is 0 Å². The van der Waals surface area contributed by atoms with Gasteiger partial charge in [-0.25, -0.2) is 0 Å². The molecule has 280 valence electrons. The van der Waals surface area contributed by atoms with Crippen LogP contribution in [-0.2, 0) is 9.16 Å². The molecular formula is C42H60O8Si. The van der Waals surface area contributed by atoms with Gasteiger partial charge < -0.3 is 37.6 Å². The summed E-state index contributed by atoms with van der Waals surface area (Å²) in [6.45, 7) is 14.6. The molecule has 0 aliphatic carbocycles. The van der Waals surface area contributed by atoms with E-state index in [9.17, 15) is 0 Å². The van der Waals surface area contributed by atoms with Gasteiger partial charge in [-0.1, -0.05) is 71.9 Å². The van der Waals surface area contributed by atoms with E-state index in [0.717, 1.165) is 29.5 Å². The predicted octanol–water partition coefficient (Wildman–Crippen LogP) is 10.5. The van der Waals surface area contributed by atoms with E-state index < -0.39 is 8.32 Å². The third-order valence-electron chi connectivity index (χ3n) is 10.6. The van der Waals surface area contributed by atoms with Crippen LogP contribution in [0.2, 0.25) is 16.6 Å². The summed E-state index contributed by atoms with van der Waals surface area (Å²) < 4.78 is 48.4. The van der Waals surface area contributed by atoms with E-state index >= 15 is 0 Å². The van der Waals surface area contributed by atoms with Crippen LogP contribution in [0.1, 0.15) is 83.3 Å². The molecule has 3 aromatic carbocycles. The van der Waals surface area contributed by atoms with E-state index in [1.165, 1.54) is 0 Å². The van der Waals surface area contributed by atoms with Crippen molar-refractivity contribution in [2.75, 3.05) is 49.3 Å². The fraction of sp³-hybridized carbons (Fsp3) is 0.524. The minimum absolute atomic E-state index is 0.0992. The van der Waals surface area contributed by atoms with Gasteiger partial charge in [0.25, 0.3) is 0 Å². The number of hydrogen-bond donors (Lipinski definition) is 0. The summed E-state index contributed by atoms with van der Waals surface area (Å²) in [5.41, 5.74) is 4.45. The van der Waals surface area contributed by atoms with Gasteiger partial charge in [0.15, 0.2) is 34.5 Å². The molecule has 1 fully saturated rings. The molecule has 4 atom stereocenters. The highest BCUT2D eigenvalue weighted by Crippen LogP contribution is 2.51. The molecule has 0 amide bonds. The normalized spacial score (nSPS) is 18.7. The Kier molecular flexibility index (Phi) is 14.3. The van der Waals surface area contributed by atoms with Gasteiger partial charge in [0.2, 0.25) is 8.32 Å². The first kappa shape index (κ1) is 40.1. The quantitative estimate of drug-likeness (QED) is 0.128. The Morgan fingerprint density at radius 3 is 1.71 bits per heavy atom. The van der Waals surface area contributed by atoms with E-state index in [1.54, 1.807) is 42.7 Å². The molecule has 1 saturated heterocycles. The van der Waals surface area contributed by atoms with Crippen LogP contribution in [0.15, 0.2) is 60.7 Å². The average molecular weight is 721 g/mol. The monoisotopic (exact) mass is 720 g/mol. The molecule has 1 aliphatic heterocycles. The highest BCUT2D eigenvalue weighted by Gasteiger charge is 2.49. The lowest BCUT2D eigenvalue weighted by Crippen LogP contribution is -2.50. The molecule has 0 unspecified atom stereocenters. The minimum atomic E-state index is -2.31. The van der Waals surface area contributed by atoms with Crippen molar-refractivity contribution in [3.8, 4) is 34.5 Å². The van der Waals surface area contributed by atoms with Crippen LogP contribution >= 0.6 is 0 Å². The lowest BCUT2D eigenvalue weighted by Gasteiger charge is -2.48. The standard InChI is InChI=1S/C42H60O8Si/c1-27(2)51(28(3)4,29(5)6)50-42(33-18-21-37(45-9)40(25-33)48-12)34-23-31(15-13-14-30-16-19-35(43-7)38(22-30)46-10)41(49-26-34)32-17-20-36(44-8)39(24-32)47-11/h13-14,16-22,24-25,27-29,31,34,41-42H,15,23,26H2,1-12H3/b14-13+/t31-,34-,41-,42+/m0/s1. The lowest BCUT2D eigenvalue weighted by molar-refractivity contribution is -0.0878. The van der Waals surface area contributed by atoms with Crippen molar-refractivity contribution in [3.63, 3.8) is 0 Å². The van der Waals surface area contributed by atoms with Crippen molar-refractivity contribution < 1.29 is 37.6 Å². The Morgan fingerprint density at radius 1 is 0.647 bits per heavy atom. The molecule has 0 saturated carbocycles. The molecule has 9 heteroatoms. The maximum atomic E-state index is 7.68. The van der Waals surface area contributed by atoms with E-state index in [4.69, 9.17) is 37.6 Å². The maximum absolute atomic E-state index is 7.68. The highest BCUT2D eigenvalue weighted by molar-refractivity contribution is 6.77. The Morgan fingerprint density at radius 2 is 1.16 bits per heavy atom. The van der Waals surface area contributed by atoms with Gasteiger partial charge in [-0.15, -0.1) is 0 Å². The summed E-state index contributed by atoms with van der Waals surface area (Å²) in [5, 5.41) is 0. The summed E-state index contributed by atoms with van der Waals surface area (Å²) in [6.07, 6.45) is 5.74. The second-order valence-corrected chi connectivity index (χ2v) is 19.8. The van der Waals surface area contributed by atoms with Gasteiger partial charge in [0.1, 0.15) is 0 Å². The zero-order valence-corrected chi connectivity index (χ0v) is 33.8. The van der Waals surface area contributed by atoms with Crippen molar-refractivity contribution in [2.24, 2.45) is 11.8 Å². The van der Waals surface area contributed by atoms with Crippen LogP contribution in [0.25, 0.3) is 6.08 Å². The average Bonchev–Trinajstić information content (AvgIpc) is 3.14. The van der Waals surface area contributed by atoms with E-state index in [0.29, 0.717) is 57.7 Å². The minimum Gasteiger partial charge on any atom is -0.493 e. The zero-order chi connectivity index (χ0) is 37.3. The van der Waals surface area contributed by atoms with Crippen molar-refractivity contribution in [3.05, 3.63) is 77.4 Å². The van der Waals surface area contributed by atoms with Crippen LogP contribution in [0.3, 0.4) is 0 Å². The van der Waals surface area contributed by atoms with Crippen molar-refractivity contribution in [1.82, 2.24) is 0 Å². The van der Waals surface area contributed by atoms with Crippen LogP contribution in [-0.4, -0.2) is 57.6 Å². The van der Waals surface area contributed by atoms with Gasteiger partial charge in [-0.2, -0.15) is 0 Å². The Hall–Kier alpha value is -3.66. The number of hydrogen-bond acceptors (Lipinski definition) is 8. The number of benzene rings is 3. The van der Waals surface area contributed by atoms with Crippen LogP contribution in [0.5, 0.6) is 34.5 Å². The maximum Gasteiger partial charge on any atom is 0.201 e. The molecule has 0 aromatic heterocycles. The summed E-state index contributed by atoms with van der Waals surface area (Å²) in [6, 6.07) is 18.3. The summed E-state index contributed by atoms with van der Waals surface area (Å²) in [4.78, 5) is 0. The SMILES string of the molecule is COc1ccc(/C=C/C[C@H]2C[C@H]([C@H](O[Si](C(C)C)(C(C)C)C(C)C)c3ccc(OC)c(OC)c3)CO[C@@H]2c2ccc(OC)c(OC)c2)cc1OC. The number of ether oxygens (including phenoxy) is 7. The second kappa shape index (κ2) is 18.2. The van der Waals surface area contributed by atoms with Gasteiger partial charge in [0.05, 0.1) is 61.5 Å². The predicted molar refractivity (Wildman–Crippen MR) is 207 cm³/mol. The fourth-order valence-electron chi connectivity index (χ4n) is 8.20. The Labute approximate surface area is 307 Å². The van der Waals surface area contributed by atoms with Crippen LogP contribution in [0, 0.1) is 11.8 Å². The van der Waals surface area contributed by atoms with Crippen LogP contribution < -0.4 is 28.4 Å². The Bertz CT molecular complexity index is 1560. The number of allylic oxidation sites excluding steroid dienone is 1. The molecule has 8 nitrogen and oxygen atoms in total. The highest BCUT2D eigenvalue weighted by atomic mass is 28.4. The zero-order valence-electron chi connectivity index (χ0n) is 32.8. The molecule has 0 bridgehead atoms. The van der Waals surface area contributed by atoms with Crippen molar-refractivity contribution in [1.29, 1.82) is 0 Å². The molecule has 1 aliphatic rings. The van der Waals surface area contributed by atoms with E-state index in [2.05, 4.69) is 71.9 Å². The smallest absolute Gasteiger partial charge is 0.201 e. The summed E-state index contributed by atoms with van der Waals surface area (Å²) in [7, 11) is 7.67. The molecule has 0 spiro atoms. The largest absolute Gasteiger partial charge is 0.493 e. The first-order chi connectivity index (χ1) is 24.5. The fourth-order valence-corrected chi connectivity index (χ4v) is 13.8. The lowest BCUT2D eigenvalue weighted by atomic mass is 9.79. The number of rotatable bonds is 17. The third kappa shape index (κ3) is 8.87. The third-order valence-corrected chi connectivity index (χ3v) is 16.7. The first-order valence-corrected chi connectivity index (χ1v) is 20.2. The second-order valence-electron chi connectivity index (χ2n) is 14.3. The summed E-state index contributed by atoms with van der Waals surface area (Å²) >= 11 is 0. The van der Waals surface area contributed by atoms with Gasteiger partial charge in [-0.05, 0) is 88.5 Å². The van der Waals surface area contributed by atoms with E-state index in [-0.39, 0.29) is 24.0 Å². The van der Waals surface area contributed by atoms with Gasteiger partial charge in [-0.3, -0.25) is 0 Å². The molecular weight excluding hydrogens is 661 g/mol. The number of methoxy groups -OCH3 is 6. The molecule has 4 rings (SSSR count).